The molecule has 5 nitrogen and oxygen atoms in total. The molecule has 0 unspecified atom stereocenters. The molecule has 1 rings (SSSR count). The molecular formula is C14H20N2O3. The Hall–Kier alpha value is -2.04. The van der Waals surface area contributed by atoms with E-state index in [2.05, 4.69) is 26.1 Å². The van der Waals surface area contributed by atoms with Gasteiger partial charge < -0.3 is 15.8 Å². The summed E-state index contributed by atoms with van der Waals surface area (Å²) in [6.45, 7) is 6.50. The Labute approximate surface area is 113 Å². The molecule has 0 saturated carbocycles. The number of carbonyl (C=O) groups excluding carboxylic acids is 2. The van der Waals surface area contributed by atoms with E-state index >= 15 is 0 Å². The summed E-state index contributed by atoms with van der Waals surface area (Å²) < 4.78 is 5.24. The SMILES string of the molecule is COc1ccc(C(C)(C)C)cc1CNC(=O)C(N)=O. The molecule has 5 heteroatoms. The molecule has 0 atom stereocenters. The maximum atomic E-state index is 11.2. The van der Waals surface area contributed by atoms with Crippen molar-refractivity contribution < 1.29 is 14.3 Å². The van der Waals surface area contributed by atoms with Gasteiger partial charge in [-0.1, -0.05) is 26.8 Å². The van der Waals surface area contributed by atoms with Crippen LogP contribution in [-0.2, 0) is 21.5 Å². The zero-order valence-corrected chi connectivity index (χ0v) is 11.7. The lowest BCUT2D eigenvalue weighted by atomic mass is 9.86. The standard InChI is InChI=1S/C14H20N2O3/c1-14(2,3)10-5-6-11(19-4)9(7-10)8-16-13(18)12(15)17/h5-7H,8H2,1-4H3,(H2,15,17)(H,16,18). The molecule has 0 aliphatic heterocycles. The number of primary amides is 1. The Morgan fingerprint density at radius 3 is 2.42 bits per heavy atom. The van der Waals surface area contributed by atoms with Crippen LogP contribution in [0.1, 0.15) is 31.9 Å². The van der Waals surface area contributed by atoms with Gasteiger partial charge in [0.05, 0.1) is 7.11 Å². The van der Waals surface area contributed by atoms with Gasteiger partial charge >= 0.3 is 11.8 Å². The molecular weight excluding hydrogens is 244 g/mol. The van der Waals surface area contributed by atoms with Crippen molar-refractivity contribution in [2.75, 3.05) is 7.11 Å². The van der Waals surface area contributed by atoms with Gasteiger partial charge in [-0.2, -0.15) is 0 Å². The van der Waals surface area contributed by atoms with Gasteiger partial charge in [0.2, 0.25) is 0 Å². The molecule has 0 saturated heterocycles. The lowest BCUT2D eigenvalue weighted by Crippen LogP contribution is -2.35. The summed E-state index contributed by atoms with van der Waals surface area (Å²) in [5, 5.41) is 2.46. The quantitative estimate of drug-likeness (QED) is 0.802. The first kappa shape index (κ1) is 15.0. The third-order valence-corrected chi connectivity index (χ3v) is 2.81. The Morgan fingerprint density at radius 1 is 1.32 bits per heavy atom. The number of amides is 2. The highest BCUT2D eigenvalue weighted by Gasteiger charge is 2.16. The van der Waals surface area contributed by atoms with Gasteiger partial charge in [0.15, 0.2) is 0 Å². The van der Waals surface area contributed by atoms with Gasteiger partial charge in [-0.15, -0.1) is 0 Å². The van der Waals surface area contributed by atoms with Crippen molar-refractivity contribution in [1.82, 2.24) is 5.32 Å². The minimum atomic E-state index is -0.994. The van der Waals surface area contributed by atoms with Crippen molar-refractivity contribution in [2.24, 2.45) is 5.73 Å². The van der Waals surface area contributed by atoms with E-state index in [0.29, 0.717) is 5.75 Å². The van der Waals surface area contributed by atoms with Crippen molar-refractivity contribution >= 4 is 11.8 Å². The molecule has 1 aromatic carbocycles. The van der Waals surface area contributed by atoms with Crippen LogP contribution in [0.2, 0.25) is 0 Å². The summed E-state index contributed by atoms with van der Waals surface area (Å²) in [5.74, 6) is -1.13. The van der Waals surface area contributed by atoms with Gasteiger partial charge in [0.1, 0.15) is 5.75 Å². The first-order chi connectivity index (χ1) is 8.75. The number of rotatable bonds is 3. The minimum Gasteiger partial charge on any atom is -0.496 e. The van der Waals surface area contributed by atoms with Crippen LogP contribution in [0.25, 0.3) is 0 Å². The number of nitrogens with two attached hydrogens (primary N) is 1. The second-order valence-corrected chi connectivity index (χ2v) is 5.32. The topological polar surface area (TPSA) is 81.4 Å². The average Bonchev–Trinajstić information content (AvgIpc) is 2.34. The molecule has 0 aromatic heterocycles. The van der Waals surface area contributed by atoms with Gasteiger partial charge in [0.25, 0.3) is 0 Å². The van der Waals surface area contributed by atoms with Crippen LogP contribution < -0.4 is 15.8 Å². The summed E-state index contributed by atoms with van der Waals surface area (Å²) in [6, 6.07) is 5.80. The summed E-state index contributed by atoms with van der Waals surface area (Å²) >= 11 is 0. The number of nitrogens with one attached hydrogen (secondary N) is 1. The van der Waals surface area contributed by atoms with Crippen molar-refractivity contribution in [3.63, 3.8) is 0 Å². The fraction of sp³-hybridized carbons (Fsp3) is 0.429. The van der Waals surface area contributed by atoms with Gasteiger partial charge in [-0.05, 0) is 23.1 Å². The van der Waals surface area contributed by atoms with Crippen molar-refractivity contribution in [3.05, 3.63) is 29.3 Å². The number of carbonyl (C=O) groups is 2. The Bertz CT molecular complexity index is 490. The van der Waals surface area contributed by atoms with Gasteiger partial charge in [0, 0.05) is 12.1 Å². The van der Waals surface area contributed by atoms with Crippen molar-refractivity contribution in [3.8, 4) is 5.75 Å². The molecule has 3 N–H and O–H groups in total. The van der Waals surface area contributed by atoms with Gasteiger partial charge in [-0.25, -0.2) is 0 Å². The first-order valence-electron chi connectivity index (χ1n) is 6.00. The molecule has 1 aromatic rings. The predicted molar refractivity (Wildman–Crippen MR) is 72.7 cm³/mol. The lowest BCUT2D eigenvalue weighted by molar-refractivity contribution is -0.137. The number of hydrogen-bond acceptors (Lipinski definition) is 3. The van der Waals surface area contributed by atoms with E-state index in [-0.39, 0.29) is 12.0 Å². The maximum absolute atomic E-state index is 11.2. The normalized spacial score (nSPS) is 10.9. The summed E-state index contributed by atoms with van der Waals surface area (Å²) in [4.78, 5) is 21.9. The van der Waals surface area contributed by atoms with Crippen LogP contribution in [0.4, 0.5) is 0 Å². The van der Waals surface area contributed by atoms with Crippen LogP contribution in [0.15, 0.2) is 18.2 Å². The van der Waals surface area contributed by atoms with E-state index in [9.17, 15) is 9.59 Å². The van der Waals surface area contributed by atoms with Crippen LogP contribution in [-0.4, -0.2) is 18.9 Å². The molecule has 0 aliphatic rings. The summed E-state index contributed by atoms with van der Waals surface area (Å²) in [5.41, 5.74) is 6.81. The number of benzene rings is 1. The number of ether oxygens (including phenoxy) is 1. The lowest BCUT2D eigenvalue weighted by Gasteiger charge is -2.21. The zero-order chi connectivity index (χ0) is 14.6. The largest absolute Gasteiger partial charge is 0.496 e. The van der Waals surface area contributed by atoms with E-state index < -0.39 is 11.8 Å². The monoisotopic (exact) mass is 264 g/mol. The van der Waals surface area contributed by atoms with Crippen LogP contribution in [0, 0.1) is 0 Å². The fourth-order valence-electron chi connectivity index (χ4n) is 1.65. The molecule has 2 amide bonds. The van der Waals surface area contributed by atoms with Crippen LogP contribution >= 0.6 is 0 Å². The van der Waals surface area contributed by atoms with Crippen LogP contribution in [0.3, 0.4) is 0 Å². The fourth-order valence-corrected chi connectivity index (χ4v) is 1.65. The highest BCUT2D eigenvalue weighted by molar-refractivity contribution is 6.34. The van der Waals surface area contributed by atoms with Crippen LogP contribution in [0.5, 0.6) is 5.75 Å². The first-order valence-corrected chi connectivity index (χ1v) is 6.00. The van der Waals surface area contributed by atoms with E-state index in [1.165, 1.54) is 0 Å². The Balaban J connectivity index is 2.97. The van der Waals surface area contributed by atoms with Gasteiger partial charge in [-0.3, -0.25) is 9.59 Å². The minimum absolute atomic E-state index is 0.00524. The molecule has 0 bridgehead atoms. The molecule has 104 valence electrons. The predicted octanol–water partition coefficient (Wildman–Crippen LogP) is 1.09. The third-order valence-electron chi connectivity index (χ3n) is 2.81. The molecule has 0 aliphatic carbocycles. The maximum Gasteiger partial charge on any atom is 0.309 e. The Kier molecular flexibility index (Phi) is 4.53. The second kappa shape index (κ2) is 5.73. The third kappa shape index (κ3) is 3.98. The number of hydrogen-bond donors (Lipinski definition) is 2. The highest BCUT2D eigenvalue weighted by Crippen LogP contribution is 2.27. The summed E-state index contributed by atoms with van der Waals surface area (Å²) in [7, 11) is 1.56. The second-order valence-electron chi connectivity index (χ2n) is 5.32. The highest BCUT2D eigenvalue weighted by atomic mass is 16.5. The zero-order valence-electron chi connectivity index (χ0n) is 11.7. The van der Waals surface area contributed by atoms with E-state index in [1.54, 1.807) is 7.11 Å². The smallest absolute Gasteiger partial charge is 0.309 e. The number of methoxy groups -OCH3 is 1. The molecule has 0 radical (unpaired) electrons. The summed E-state index contributed by atoms with van der Waals surface area (Å²) in [6.07, 6.45) is 0. The van der Waals surface area contributed by atoms with E-state index in [1.807, 2.05) is 18.2 Å². The Morgan fingerprint density at radius 2 is 1.95 bits per heavy atom. The van der Waals surface area contributed by atoms with E-state index in [0.717, 1.165) is 11.1 Å². The molecule has 0 fully saturated rings. The molecule has 0 heterocycles. The van der Waals surface area contributed by atoms with E-state index in [4.69, 9.17) is 10.5 Å². The van der Waals surface area contributed by atoms with Crippen molar-refractivity contribution in [1.29, 1.82) is 0 Å². The molecule has 19 heavy (non-hydrogen) atoms. The van der Waals surface area contributed by atoms with Crippen molar-refractivity contribution in [2.45, 2.75) is 32.7 Å². The average molecular weight is 264 g/mol. The molecule has 0 spiro atoms.